The Hall–Kier alpha value is -1.11. The third-order valence-corrected chi connectivity index (χ3v) is 2.84. The Morgan fingerprint density at radius 2 is 1.81 bits per heavy atom. The van der Waals surface area contributed by atoms with Crippen LogP contribution in [0.15, 0.2) is 24.3 Å². The summed E-state index contributed by atoms with van der Waals surface area (Å²) in [5.74, 6) is 0.301. The second kappa shape index (κ2) is 7.21. The first-order valence-corrected chi connectivity index (χ1v) is 6.40. The first kappa shape index (κ1) is 13.0. The molecule has 0 aromatic heterocycles. The molecule has 0 unspecified atom stereocenters. The lowest BCUT2D eigenvalue weighted by molar-refractivity contribution is 0.0981. The minimum Gasteiger partial charge on any atom is -0.294 e. The molecule has 0 atom stereocenters. The predicted molar refractivity (Wildman–Crippen MR) is 68.9 cm³/mol. The lowest BCUT2D eigenvalue weighted by atomic mass is 9.97. The number of aryl methyl sites for hydroxylation is 1. The van der Waals surface area contributed by atoms with Gasteiger partial charge in [-0.2, -0.15) is 0 Å². The average Bonchev–Trinajstić information content (AvgIpc) is 2.30. The zero-order chi connectivity index (χ0) is 11.8. The first-order chi connectivity index (χ1) is 7.79. The van der Waals surface area contributed by atoms with Crippen LogP contribution >= 0.6 is 0 Å². The predicted octanol–water partition coefficient (Wildman–Crippen LogP) is 4.40. The molecular formula is C15H22O. The molecule has 0 aliphatic rings. The van der Waals surface area contributed by atoms with Gasteiger partial charge in [0.25, 0.3) is 0 Å². The Kier molecular flexibility index (Phi) is 5.84. The average molecular weight is 218 g/mol. The maximum Gasteiger partial charge on any atom is 0.163 e. The standard InChI is InChI=1S/C15H22O/c1-3-5-6-10-13-11-7-8-12-14(13)15(16)9-4-2/h7-8,11-12H,3-6,9-10H2,1-2H3. The van der Waals surface area contributed by atoms with E-state index in [4.69, 9.17) is 0 Å². The number of ketones is 1. The molecule has 0 bridgehead atoms. The van der Waals surface area contributed by atoms with E-state index in [0.717, 1.165) is 18.4 Å². The van der Waals surface area contributed by atoms with Crippen LogP contribution in [0.3, 0.4) is 0 Å². The van der Waals surface area contributed by atoms with Gasteiger partial charge in [0, 0.05) is 12.0 Å². The van der Waals surface area contributed by atoms with E-state index < -0.39 is 0 Å². The molecule has 0 aliphatic heterocycles. The Balaban J connectivity index is 2.71. The molecule has 0 amide bonds. The van der Waals surface area contributed by atoms with Gasteiger partial charge in [0.05, 0.1) is 0 Å². The second-order valence-electron chi connectivity index (χ2n) is 4.29. The molecule has 0 fully saturated rings. The molecular weight excluding hydrogens is 196 g/mol. The van der Waals surface area contributed by atoms with Crippen LogP contribution in [-0.2, 0) is 6.42 Å². The lowest BCUT2D eigenvalue weighted by Crippen LogP contribution is -2.03. The molecule has 0 spiro atoms. The maximum absolute atomic E-state index is 11.9. The molecule has 0 heterocycles. The number of hydrogen-bond donors (Lipinski definition) is 0. The highest BCUT2D eigenvalue weighted by atomic mass is 16.1. The summed E-state index contributed by atoms with van der Waals surface area (Å²) in [7, 11) is 0. The lowest BCUT2D eigenvalue weighted by Gasteiger charge is -2.07. The van der Waals surface area contributed by atoms with Gasteiger partial charge in [-0.05, 0) is 24.8 Å². The third-order valence-electron chi connectivity index (χ3n) is 2.84. The van der Waals surface area contributed by atoms with Gasteiger partial charge < -0.3 is 0 Å². The largest absolute Gasteiger partial charge is 0.294 e. The van der Waals surface area contributed by atoms with Crippen LogP contribution in [0.4, 0.5) is 0 Å². The highest BCUT2D eigenvalue weighted by Crippen LogP contribution is 2.15. The van der Waals surface area contributed by atoms with E-state index >= 15 is 0 Å². The molecule has 1 nitrogen and oxygen atoms in total. The third kappa shape index (κ3) is 3.80. The van der Waals surface area contributed by atoms with Gasteiger partial charge in [-0.1, -0.05) is 51.0 Å². The first-order valence-electron chi connectivity index (χ1n) is 6.40. The number of hydrogen-bond acceptors (Lipinski definition) is 1. The summed E-state index contributed by atoms with van der Waals surface area (Å²) in [6.45, 7) is 4.26. The van der Waals surface area contributed by atoms with Crippen LogP contribution in [0.1, 0.15) is 61.9 Å². The van der Waals surface area contributed by atoms with Crippen molar-refractivity contribution >= 4 is 5.78 Å². The molecule has 1 heteroatoms. The number of carbonyl (C=O) groups excluding carboxylic acids is 1. The number of unbranched alkanes of at least 4 members (excludes halogenated alkanes) is 2. The normalized spacial score (nSPS) is 10.4. The molecule has 0 radical (unpaired) electrons. The van der Waals surface area contributed by atoms with Gasteiger partial charge >= 0.3 is 0 Å². The van der Waals surface area contributed by atoms with Gasteiger partial charge in [0.15, 0.2) is 5.78 Å². The van der Waals surface area contributed by atoms with Gasteiger partial charge in [0.1, 0.15) is 0 Å². The zero-order valence-electron chi connectivity index (χ0n) is 10.5. The van der Waals surface area contributed by atoms with Crippen molar-refractivity contribution in [2.24, 2.45) is 0 Å². The van der Waals surface area contributed by atoms with E-state index in [9.17, 15) is 4.79 Å². The van der Waals surface area contributed by atoms with Gasteiger partial charge in [-0.3, -0.25) is 4.79 Å². The SMILES string of the molecule is CCCCCc1ccccc1C(=O)CCC. The summed E-state index contributed by atoms with van der Waals surface area (Å²) < 4.78 is 0. The molecule has 0 aliphatic carbocycles. The highest BCUT2D eigenvalue weighted by molar-refractivity contribution is 5.97. The van der Waals surface area contributed by atoms with Crippen molar-refractivity contribution in [1.29, 1.82) is 0 Å². The minimum atomic E-state index is 0.301. The fourth-order valence-electron chi connectivity index (χ4n) is 1.94. The van der Waals surface area contributed by atoms with Crippen LogP contribution < -0.4 is 0 Å². The topological polar surface area (TPSA) is 17.1 Å². The fourth-order valence-corrected chi connectivity index (χ4v) is 1.94. The Morgan fingerprint density at radius 3 is 2.50 bits per heavy atom. The summed E-state index contributed by atoms with van der Waals surface area (Å²) in [5.41, 5.74) is 2.18. The van der Waals surface area contributed by atoms with Crippen molar-refractivity contribution in [2.75, 3.05) is 0 Å². The number of benzene rings is 1. The van der Waals surface area contributed by atoms with Crippen LogP contribution in [0.5, 0.6) is 0 Å². The number of rotatable bonds is 7. The smallest absolute Gasteiger partial charge is 0.163 e. The van der Waals surface area contributed by atoms with Crippen LogP contribution in [0, 0.1) is 0 Å². The van der Waals surface area contributed by atoms with E-state index in [-0.39, 0.29) is 0 Å². The monoisotopic (exact) mass is 218 g/mol. The van der Waals surface area contributed by atoms with Crippen molar-refractivity contribution in [2.45, 2.75) is 52.4 Å². The summed E-state index contributed by atoms with van der Waals surface area (Å²) in [5, 5.41) is 0. The van der Waals surface area contributed by atoms with E-state index in [1.165, 1.54) is 24.8 Å². The fraction of sp³-hybridized carbons (Fsp3) is 0.533. The summed E-state index contributed by atoms with van der Waals surface area (Å²) >= 11 is 0. The van der Waals surface area contributed by atoms with Gasteiger partial charge in [0.2, 0.25) is 0 Å². The van der Waals surface area contributed by atoms with Crippen LogP contribution in [-0.4, -0.2) is 5.78 Å². The Bertz CT molecular complexity index is 328. The second-order valence-corrected chi connectivity index (χ2v) is 4.29. The van der Waals surface area contributed by atoms with Crippen LogP contribution in [0.2, 0.25) is 0 Å². The molecule has 0 saturated heterocycles. The molecule has 1 rings (SSSR count). The van der Waals surface area contributed by atoms with Gasteiger partial charge in [-0.15, -0.1) is 0 Å². The molecule has 0 saturated carbocycles. The summed E-state index contributed by atoms with van der Waals surface area (Å²) in [4.78, 5) is 11.9. The van der Waals surface area contributed by atoms with Crippen molar-refractivity contribution in [3.05, 3.63) is 35.4 Å². The zero-order valence-corrected chi connectivity index (χ0v) is 10.5. The summed E-state index contributed by atoms with van der Waals surface area (Å²) in [6, 6.07) is 8.06. The summed E-state index contributed by atoms with van der Waals surface area (Å²) in [6.07, 6.45) is 6.31. The maximum atomic E-state index is 11.9. The van der Waals surface area contributed by atoms with E-state index in [0.29, 0.717) is 12.2 Å². The molecule has 16 heavy (non-hydrogen) atoms. The molecule has 88 valence electrons. The Morgan fingerprint density at radius 1 is 1.06 bits per heavy atom. The number of Topliss-reactive ketones (excluding diaryl/α,β-unsaturated/α-hetero) is 1. The molecule has 1 aromatic rings. The van der Waals surface area contributed by atoms with Crippen molar-refractivity contribution in [1.82, 2.24) is 0 Å². The number of carbonyl (C=O) groups is 1. The van der Waals surface area contributed by atoms with Gasteiger partial charge in [-0.25, -0.2) is 0 Å². The van der Waals surface area contributed by atoms with E-state index in [1.807, 2.05) is 18.2 Å². The Labute approximate surface area is 98.9 Å². The molecule has 1 aromatic carbocycles. The highest BCUT2D eigenvalue weighted by Gasteiger charge is 2.08. The minimum absolute atomic E-state index is 0.301. The van der Waals surface area contributed by atoms with E-state index in [2.05, 4.69) is 19.9 Å². The van der Waals surface area contributed by atoms with E-state index in [1.54, 1.807) is 0 Å². The van der Waals surface area contributed by atoms with Crippen molar-refractivity contribution in [3.63, 3.8) is 0 Å². The van der Waals surface area contributed by atoms with Crippen molar-refractivity contribution < 1.29 is 4.79 Å². The quantitative estimate of drug-likeness (QED) is 0.489. The van der Waals surface area contributed by atoms with Crippen molar-refractivity contribution in [3.8, 4) is 0 Å². The van der Waals surface area contributed by atoms with Crippen LogP contribution in [0.25, 0.3) is 0 Å². The molecule has 0 N–H and O–H groups in total.